The van der Waals surface area contributed by atoms with E-state index in [1.54, 1.807) is 6.07 Å². The Labute approximate surface area is 97.1 Å². The SMILES string of the molecule is COc1ccc(-c2cc(O)cc(F)c2)c(F)c1. The highest BCUT2D eigenvalue weighted by atomic mass is 19.1. The maximum Gasteiger partial charge on any atom is 0.134 e. The van der Waals surface area contributed by atoms with Crippen LogP contribution in [0, 0.1) is 11.6 Å². The predicted octanol–water partition coefficient (Wildman–Crippen LogP) is 3.35. The van der Waals surface area contributed by atoms with Crippen LogP contribution in [0.3, 0.4) is 0 Å². The van der Waals surface area contributed by atoms with E-state index >= 15 is 0 Å². The van der Waals surface area contributed by atoms with Gasteiger partial charge in [-0.05, 0) is 29.8 Å². The van der Waals surface area contributed by atoms with Gasteiger partial charge in [-0.1, -0.05) is 0 Å². The molecule has 0 aliphatic heterocycles. The Morgan fingerprint density at radius 2 is 1.82 bits per heavy atom. The van der Waals surface area contributed by atoms with E-state index in [2.05, 4.69) is 0 Å². The van der Waals surface area contributed by atoms with Crippen molar-refractivity contribution in [3.63, 3.8) is 0 Å². The smallest absolute Gasteiger partial charge is 0.134 e. The molecule has 0 radical (unpaired) electrons. The van der Waals surface area contributed by atoms with Crippen LogP contribution in [0.4, 0.5) is 8.78 Å². The fraction of sp³-hybridized carbons (Fsp3) is 0.0769. The predicted molar refractivity (Wildman–Crippen MR) is 60.0 cm³/mol. The van der Waals surface area contributed by atoms with Crippen molar-refractivity contribution in [2.75, 3.05) is 7.11 Å². The number of rotatable bonds is 2. The van der Waals surface area contributed by atoms with Crippen LogP contribution in [-0.2, 0) is 0 Å². The third-order valence-corrected chi connectivity index (χ3v) is 2.37. The molecule has 0 saturated carbocycles. The Balaban J connectivity index is 2.52. The Bertz CT molecular complexity index is 533. The Morgan fingerprint density at radius 1 is 1.06 bits per heavy atom. The van der Waals surface area contributed by atoms with Gasteiger partial charge in [-0.2, -0.15) is 0 Å². The van der Waals surface area contributed by atoms with Crippen LogP contribution >= 0.6 is 0 Å². The standard InChI is InChI=1S/C13H10F2O2/c1-17-11-2-3-12(13(15)7-11)8-4-9(14)6-10(16)5-8/h2-7,16H,1H3. The van der Waals surface area contributed by atoms with Crippen molar-refractivity contribution in [1.29, 1.82) is 0 Å². The van der Waals surface area contributed by atoms with Crippen LogP contribution in [0.25, 0.3) is 11.1 Å². The van der Waals surface area contributed by atoms with Crippen LogP contribution in [-0.4, -0.2) is 12.2 Å². The van der Waals surface area contributed by atoms with Crippen molar-refractivity contribution < 1.29 is 18.6 Å². The summed E-state index contributed by atoms with van der Waals surface area (Å²) in [6, 6.07) is 7.67. The summed E-state index contributed by atoms with van der Waals surface area (Å²) in [4.78, 5) is 0. The lowest BCUT2D eigenvalue weighted by Gasteiger charge is -2.06. The number of ether oxygens (including phenoxy) is 1. The molecule has 0 spiro atoms. The average Bonchev–Trinajstić information content (AvgIpc) is 2.27. The zero-order valence-corrected chi connectivity index (χ0v) is 9.08. The molecule has 2 nitrogen and oxygen atoms in total. The molecule has 0 heterocycles. The van der Waals surface area contributed by atoms with Gasteiger partial charge >= 0.3 is 0 Å². The lowest BCUT2D eigenvalue weighted by molar-refractivity contribution is 0.411. The van der Waals surface area contributed by atoms with E-state index < -0.39 is 11.6 Å². The molecule has 17 heavy (non-hydrogen) atoms. The second-order valence-electron chi connectivity index (χ2n) is 3.54. The zero-order chi connectivity index (χ0) is 12.4. The molecule has 0 bridgehead atoms. The molecule has 0 saturated heterocycles. The van der Waals surface area contributed by atoms with Crippen molar-refractivity contribution in [3.05, 3.63) is 48.0 Å². The quantitative estimate of drug-likeness (QED) is 0.866. The van der Waals surface area contributed by atoms with Crippen LogP contribution in [0.15, 0.2) is 36.4 Å². The number of halogens is 2. The number of aromatic hydroxyl groups is 1. The Morgan fingerprint density at radius 3 is 2.41 bits per heavy atom. The Kier molecular flexibility index (Phi) is 2.95. The molecule has 0 atom stereocenters. The zero-order valence-electron chi connectivity index (χ0n) is 9.08. The van der Waals surface area contributed by atoms with Crippen LogP contribution in [0.1, 0.15) is 0 Å². The van der Waals surface area contributed by atoms with E-state index in [1.807, 2.05) is 0 Å². The fourth-order valence-electron chi connectivity index (χ4n) is 1.59. The molecule has 88 valence electrons. The minimum absolute atomic E-state index is 0.209. The molecular weight excluding hydrogens is 226 g/mol. The highest BCUT2D eigenvalue weighted by molar-refractivity contribution is 5.66. The monoisotopic (exact) mass is 236 g/mol. The van der Waals surface area contributed by atoms with Gasteiger partial charge in [0.1, 0.15) is 23.1 Å². The summed E-state index contributed by atoms with van der Waals surface area (Å²) in [6.07, 6.45) is 0. The largest absolute Gasteiger partial charge is 0.508 e. The first-order valence-electron chi connectivity index (χ1n) is 4.93. The summed E-state index contributed by atoms with van der Waals surface area (Å²) in [5.74, 6) is -1.01. The molecule has 0 aliphatic rings. The van der Waals surface area contributed by atoms with Gasteiger partial charge in [-0.3, -0.25) is 0 Å². The first-order valence-corrected chi connectivity index (χ1v) is 4.93. The van der Waals surface area contributed by atoms with Gasteiger partial charge in [-0.15, -0.1) is 0 Å². The summed E-state index contributed by atoms with van der Waals surface area (Å²) in [7, 11) is 1.43. The number of phenols is 1. The van der Waals surface area contributed by atoms with E-state index in [-0.39, 0.29) is 16.9 Å². The van der Waals surface area contributed by atoms with Gasteiger partial charge in [0.05, 0.1) is 7.11 Å². The van der Waals surface area contributed by atoms with Crippen molar-refractivity contribution in [2.45, 2.75) is 0 Å². The topological polar surface area (TPSA) is 29.5 Å². The summed E-state index contributed by atoms with van der Waals surface area (Å²) >= 11 is 0. The van der Waals surface area contributed by atoms with Crippen LogP contribution in [0.5, 0.6) is 11.5 Å². The maximum atomic E-state index is 13.7. The minimum Gasteiger partial charge on any atom is -0.508 e. The van der Waals surface area contributed by atoms with Gasteiger partial charge in [0, 0.05) is 17.7 Å². The lowest BCUT2D eigenvalue weighted by atomic mass is 10.0. The molecule has 2 aromatic rings. The number of hydrogen-bond acceptors (Lipinski definition) is 2. The van der Waals surface area contributed by atoms with E-state index in [0.29, 0.717) is 5.75 Å². The fourth-order valence-corrected chi connectivity index (χ4v) is 1.59. The van der Waals surface area contributed by atoms with Crippen molar-refractivity contribution >= 4 is 0 Å². The molecule has 2 rings (SSSR count). The van der Waals surface area contributed by atoms with Crippen molar-refractivity contribution in [1.82, 2.24) is 0 Å². The number of phenolic OH excluding ortho intramolecular Hbond substituents is 1. The lowest BCUT2D eigenvalue weighted by Crippen LogP contribution is -1.89. The summed E-state index contributed by atoms with van der Waals surface area (Å²) in [5.41, 5.74) is 0.489. The first-order chi connectivity index (χ1) is 8.10. The third kappa shape index (κ3) is 2.36. The summed E-state index contributed by atoms with van der Waals surface area (Å²) in [5, 5.41) is 9.26. The molecule has 0 aromatic heterocycles. The van der Waals surface area contributed by atoms with Crippen molar-refractivity contribution in [3.8, 4) is 22.6 Å². The highest BCUT2D eigenvalue weighted by Crippen LogP contribution is 2.29. The molecule has 1 N–H and O–H groups in total. The summed E-state index contributed by atoms with van der Waals surface area (Å²) in [6.45, 7) is 0. The van der Waals surface area contributed by atoms with Crippen molar-refractivity contribution in [2.24, 2.45) is 0 Å². The van der Waals surface area contributed by atoms with Gasteiger partial charge < -0.3 is 9.84 Å². The normalized spacial score (nSPS) is 10.3. The molecule has 0 unspecified atom stereocenters. The third-order valence-electron chi connectivity index (χ3n) is 2.37. The van der Waals surface area contributed by atoms with Gasteiger partial charge in [0.25, 0.3) is 0 Å². The number of hydrogen-bond donors (Lipinski definition) is 1. The molecule has 4 heteroatoms. The van der Waals surface area contributed by atoms with Gasteiger partial charge in [0.15, 0.2) is 0 Å². The average molecular weight is 236 g/mol. The van der Waals surface area contributed by atoms with E-state index in [9.17, 15) is 13.9 Å². The molecule has 0 fully saturated rings. The minimum atomic E-state index is -0.616. The van der Waals surface area contributed by atoms with Crippen LogP contribution in [0.2, 0.25) is 0 Å². The molecule has 0 amide bonds. The second kappa shape index (κ2) is 4.41. The second-order valence-corrected chi connectivity index (χ2v) is 3.54. The molecule has 0 aliphatic carbocycles. The number of methoxy groups -OCH3 is 1. The van der Waals surface area contributed by atoms with E-state index in [0.717, 1.165) is 12.1 Å². The number of benzene rings is 2. The maximum absolute atomic E-state index is 13.7. The van der Waals surface area contributed by atoms with Gasteiger partial charge in [0.2, 0.25) is 0 Å². The summed E-state index contributed by atoms with van der Waals surface area (Å²) < 4.78 is 31.7. The van der Waals surface area contributed by atoms with E-state index in [1.165, 1.54) is 25.3 Å². The van der Waals surface area contributed by atoms with Crippen LogP contribution < -0.4 is 4.74 Å². The Hall–Kier alpha value is -2.10. The highest BCUT2D eigenvalue weighted by Gasteiger charge is 2.08. The molecule has 2 aromatic carbocycles. The van der Waals surface area contributed by atoms with Gasteiger partial charge in [-0.25, -0.2) is 8.78 Å². The first kappa shape index (κ1) is 11.4. The molecular formula is C13H10F2O2. The van der Waals surface area contributed by atoms with E-state index in [4.69, 9.17) is 4.74 Å².